The number of likely N-dealkylation sites (tertiary alicyclic amines) is 1. The molecule has 0 unspecified atom stereocenters. The van der Waals surface area contributed by atoms with E-state index in [1.807, 2.05) is 30.3 Å². The highest BCUT2D eigenvalue weighted by atomic mass is 16.3. The molecule has 1 amide bonds. The molecule has 1 aliphatic carbocycles. The number of carbonyl (C=O) groups is 1. The second kappa shape index (κ2) is 3.61. The van der Waals surface area contributed by atoms with E-state index in [4.69, 9.17) is 0 Å². The van der Waals surface area contributed by atoms with Crippen LogP contribution in [0, 0.1) is 5.92 Å². The van der Waals surface area contributed by atoms with E-state index in [0.717, 1.165) is 23.7 Å². The summed E-state index contributed by atoms with van der Waals surface area (Å²) < 4.78 is 0. The monoisotopic (exact) mass is 256 g/mol. The van der Waals surface area contributed by atoms with E-state index < -0.39 is 5.60 Å². The second-order valence-corrected chi connectivity index (χ2v) is 5.81. The fourth-order valence-electron chi connectivity index (χ4n) is 3.00. The summed E-state index contributed by atoms with van der Waals surface area (Å²) in [5.41, 5.74) is 0.977. The van der Waals surface area contributed by atoms with Gasteiger partial charge in [0.1, 0.15) is 11.3 Å². The fourth-order valence-corrected chi connectivity index (χ4v) is 3.00. The average Bonchev–Trinajstić information content (AvgIpc) is 3.13. The van der Waals surface area contributed by atoms with Gasteiger partial charge in [0.15, 0.2) is 0 Å². The highest BCUT2D eigenvalue weighted by Gasteiger charge is 2.53. The Bertz CT molecular complexity index is 618. The Kier molecular flexibility index (Phi) is 2.10. The standard InChI is InChI=1S/C15H16N2O2/c18-14(17-8-15(19,9-17)11-5-6-11)13-7-10-3-1-2-4-12(10)16-13/h1-4,7,11,16,19H,5-6,8-9H2. The number of β-amino-alcohol motifs (C(OH)–C–C–N with tert-alkyl or cyclic N) is 1. The van der Waals surface area contributed by atoms with Gasteiger partial charge in [-0.2, -0.15) is 0 Å². The van der Waals surface area contributed by atoms with Gasteiger partial charge >= 0.3 is 0 Å². The van der Waals surface area contributed by atoms with Crippen molar-refractivity contribution in [2.24, 2.45) is 5.92 Å². The Morgan fingerprint density at radius 3 is 2.74 bits per heavy atom. The van der Waals surface area contributed by atoms with E-state index >= 15 is 0 Å². The SMILES string of the molecule is O=C(c1cc2ccccc2[nH]1)N1CC(O)(C2CC2)C1. The van der Waals surface area contributed by atoms with E-state index in [1.54, 1.807) is 4.90 Å². The quantitative estimate of drug-likeness (QED) is 0.860. The molecule has 0 atom stereocenters. The van der Waals surface area contributed by atoms with Crippen molar-refractivity contribution in [3.63, 3.8) is 0 Å². The first-order chi connectivity index (χ1) is 9.16. The smallest absolute Gasteiger partial charge is 0.270 e. The zero-order valence-electron chi connectivity index (χ0n) is 10.6. The summed E-state index contributed by atoms with van der Waals surface area (Å²) in [6.45, 7) is 0.956. The van der Waals surface area contributed by atoms with Crippen molar-refractivity contribution in [3.05, 3.63) is 36.0 Å². The predicted octanol–water partition coefficient (Wildman–Crippen LogP) is 1.76. The lowest BCUT2D eigenvalue weighted by atomic mass is 9.88. The van der Waals surface area contributed by atoms with Crippen LogP contribution in [-0.2, 0) is 0 Å². The summed E-state index contributed by atoms with van der Waals surface area (Å²) in [5, 5.41) is 11.3. The van der Waals surface area contributed by atoms with E-state index in [9.17, 15) is 9.90 Å². The summed E-state index contributed by atoms with van der Waals surface area (Å²) in [5.74, 6) is 0.404. The van der Waals surface area contributed by atoms with Crippen molar-refractivity contribution in [2.45, 2.75) is 18.4 Å². The first-order valence-corrected chi connectivity index (χ1v) is 6.75. The first-order valence-electron chi connectivity index (χ1n) is 6.75. The minimum Gasteiger partial charge on any atom is -0.386 e. The van der Waals surface area contributed by atoms with Gasteiger partial charge in [0, 0.05) is 10.9 Å². The van der Waals surface area contributed by atoms with Gasteiger partial charge in [0.05, 0.1) is 13.1 Å². The molecule has 4 nitrogen and oxygen atoms in total. The Balaban J connectivity index is 1.54. The zero-order valence-corrected chi connectivity index (χ0v) is 10.6. The van der Waals surface area contributed by atoms with Gasteiger partial charge < -0.3 is 15.0 Å². The molecule has 1 aliphatic heterocycles. The van der Waals surface area contributed by atoms with Crippen LogP contribution in [0.1, 0.15) is 23.3 Å². The van der Waals surface area contributed by atoms with E-state index in [2.05, 4.69) is 4.98 Å². The summed E-state index contributed by atoms with van der Waals surface area (Å²) in [7, 11) is 0. The molecule has 2 N–H and O–H groups in total. The van der Waals surface area contributed by atoms with Crippen LogP contribution < -0.4 is 0 Å². The minimum absolute atomic E-state index is 0.0125. The number of fused-ring (bicyclic) bond motifs is 1. The third-order valence-corrected chi connectivity index (χ3v) is 4.31. The number of nitrogens with one attached hydrogen (secondary N) is 1. The van der Waals surface area contributed by atoms with Gasteiger partial charge in [-0.15, -0.1) is 0 Å². The van der Waals surface area contributed by atoms with Crippen LogP contribution in [0.3, 0.4) is 0 Å². The second-order valence-electron chi connectivity index (χ2n) is 5.81. The topological polar surface area (TPSA) is 56.3 Å². The molecule has 0 spiro atoms. The molecule has 98 valence electrons. The fraction of sp³-hybridized carbons (Fsp3) is 0.400. The van der Waals surface area contributed by atoms with Gasteiger partial charge in [0.25, 0.3) is 5.91 Å². The number of rotatable bonds is 2. The number of para-hydroxylation sites is 1. The highest BCUT2D eigenvalue weighted by Crippen LogP contribution is 2.44. The molecule has 0 radical (unpaired) electrons. The third kappa shape index (κ3) is 1.67. The van der Waals surface area contributed by atoms with E-state index in [0.29, 0.717) is 24.7 Å². The van der Waals surface area contributed by atoms with Crippen molar-refractivity contribution in [2.75, 3.05) is 13.1 Å². The normalized spacial score (nSPS) is 21.4. The van der Waals surface area contributed by atoms with Crippen molar-refractivity contribution in [1.82, 2.24) is 9.88 Å². The van der Waals surface area contributed by atoms with Crippen molar-refractivity contribution >= 4 is 16.8 Å². The van der Waals surface area contributed by atoms with Crippen LogP contribution in [0.4, 0.5) is 0 Å². The van der Waals surface area contributed by atoms with Crippen LogP contribution in [-0.4, -0.2) is 39.6 Å². The van der Waals surface area contributed by atoms with Crippen LogP contribution in [0.15, 0.2) is 30.3 Å². The van der Waals surface area contributed by atoms with Gasteiger partial charge in [-0.3, -0.25) is 4.79 Å². The maximum absolute atomic E-state index is 12.3. The lowest BCUT2D eigenvalue weighted by Crippen LogP contribution is -2.64. The van der Waals surface area contributed by atoms with E-state index in [1.165, 1.54) is 0 Å². The molecule has 2 aliphatic rings. The average molecular weight is 256 g/mol. The van der Waals surface area contributed by atoms with Crippen LogP contribution in [0.5, 0.6) is 0 Å². The van der Waals surface area contributed by atoms with Gasteiger partial charge in [-0.05, 0) is 30.9 Å². The number of H-pyrrole nitrogens is 1. The maximum atomic E-state index is 12.3. The lowest BCUT2D eigenvalue weighted by Gasteiger charge is -2.46. The number of aliphatic hydroxyl groups is 1. The molecule has 19 heavy (non-hydrogen) atoms. The molecule has 0 bridgehead atoms. The predicted molar refractivity (Wildman–Crippen MR) is 71.9 cm³/mol. The van der Waals surface area contributed by atoms with Crippen molar-refractivity contribution in [3.8, 4) is 0 Å². The van der Waals surface area contributed by atoms with Gasteiger partial charge in [0.2, 0.25) is 0 Å². The van der Waals surface area contributed by atoms with Crippen LogP contribution >= 0.6 is 0 Å². The highest BCUT2D eigenvalue weighted by molar-refractivity contribution is 5.98. The summed E-state index contributed by atoms with van der Waals surface area (Å²) in [4.78, 5) is 17.2. The number of hydrogen-bond acceptors (Lipinski definition) is 2. The maximum Gasteiger partial charge on any atom is 0.270 e. The zero-order chi connectivity index (χ0) is 13.0. The molecule has 2 fully saturated rings. The molecule has 1 aromatic heterocycles. The van der Waals surface area contributed by atoms with Crippen LogP contribution in [0.25, 0.3) is 10.9 Å². The van der Waals surface area contributed by atoms with Crippen molar-refractivity contribution in [1.29, 1.82) is 0 Å². The summed E-state index contributed by atoms with van der Waals surface area (Å²) in [6.07, 6.45) is 2.20. The molecule has 1 saturated heterocycles. The number of carbonyl (C=O) groups excluding carboxylic acids is 1. The number of amides is 1. The molecule has 1 saturated carbocycles. The third-order valence-electron chi connectivity index (χ3n) is 4.31. The first kappa shape index (κ1) is 11.1. The summed E-state index contributed by atoms with van der Waals surface area (Å²) in [6, 6.07) is 9.73. The lowest BCUT2D eigenvalue weighted by molar-refractivity contribution is -0.0959. The van der Waals surface area contributed by atoms with Crippen LogP contribution in [0.2, 0.25) is 0 Å². The molecular formula is C15H16N2O2. The Labute approximate surface area is 111 Å². The minimum atomic E-state index is -0.609. The number of aromatic amines is 1. The number of hydrogen-bond donors (Lipinski definition) is 2. The number of nitrogens with zero attached hydrogens (tertiary/aromatic N) is 1. The Hall–Kier alpha value is -1.81. The van der Waals surface area contributed by atoms with Gasteiger partial charge in [-0.1, -0.05) is 18.2 Å². The molecule has 2 aromatic rings. The molecule has 4 heteroatoms. The van der Waals surface area contributed by atoms with Gasteiger partial charge in [-0.25, -0.2) is 0 Å². The number of aromatic nitrogens is 1. The molecule has 2 heterocycles. The largest absolute Gasteiger partial charge is 0.386 e. The number of benzene rings is 1. The molecular weight excluding hydrogens is 240 g/mol. The summed E-state index contributed by atoms with van der Waals surface area (Å²) >= 11 is 0. The van der Waals surface area contributed by atoms with Crippen molar-refractivity contribution < 1.29 is 9.90 Å². The Morgan fingerprint density at radius 2 is 2.05 bits per heavy atom. The van der Waals surface area contributed by atoms with E-state index in [-0.39, 0.29) is 5.91 Å². The Morgan fingerprint density at radius 1 is 1.32 bits per heavy atom. The molecule has 1 aromatic carbocycles. The molecule has 4 rings (SSSR count).